The molecule has 1 aliphatic rings. The van der Waals surface area contributed by atoms with Gasteiger partial charge in [0.05, 0.1) is 5.69 Å². The van der Waals surface area contributed by atoms with Crippen molar-refractivity contribution >= 4 is 11.9 Å². The number of alkyl halides is 3. The Morgan fingerprint density at radius 1 is 1.31 bits per heavy atom. The molecule has 1 saturated heterocycles. The summed E-state index contributed by atoms with van der Waals surface area (Å²) in [5.74, 6) is -0.852. The summed E-state index contributed by atoms with van der Waals surface area (Å²) in [7, 11) is 0. The molecular formula is C18H18F3N3O2. The number of aryl methyl sites for hydroxylation is 1. The predicted octanol–water partition coefficient (Wildman–Crippen LogP) is 3.78. The summed E-state index contributed by atoms with van der Waals surface area (Å²) in [6.45, 7) is 2.54. The van der Waals surface area contributed by atoms with Crippen LogP contribution >= 0.6 is 0 Å². The van der Waals surface area contributed by atoms with Crippen LogP contribution in [0.5, 0.6) is 0 Å². The van der Waals surface area contributed by atoms with Crippen LogP contribution in [-0.2, 0) is 17.4 Å². The summed E-state index contributed by atoms with van der Waals surface area (Å²) in [5, 5.41) is 8.79. The van der Waals surface area contributed by atoms with Gasteiger partial charge in [-0.1, -0.05) is 18.2 Å². The molecule has 8 heteroatoms. The molecule has 1 aromatic carbocycles. The van der Waals surface area contributed by atoms with Gasteiger partial charge in [-0.3, -0.25) is 4.79 Å². The SMILES string of the molecule is C[C@H]1CCN1c1nc(-c2cccc(CCC(=O)O)c2)cc(C(F)(F)F)n1. The smallest absolute Gasteiger partial charge is 0.433 e. The third-order valence-corrected chi connectivity index (χ3v) is 4.43. The van der Waals surface area contributed by atoms with Gasteiger partial charge >= 0.3 is 12.1 Å². The fourth-order valence-electron chi connectivity index (χ4n) is 2.81. The second kappa shape index (κ2) is 6.93. The lowest BCUT2D eigenvalue weighted by Crippen LogP contribution is -2.46. The summed E-state index contributed by atoms with van der Waals surface area (Å²) in [4.78, 5) is 20.5. The zero-order valence-electron chi connectivity index (χ0n) is 14.1. The second-order valence-electron chi connectivity index (χ2n) is 6.36. The van der Waals surface area contributed by atoms with Crippen LogP contribution < -0.4 is 4.90 Å². The van der Waals surface area contributed by atoms with Gasteiger partial charge in [-0.05, 0) is 37.5 Å². The third kappa shape index (κ3) is 3.95. The molecule has 1 aromatic heterocycles. The molecule has 0 unspecified atom stereocenters. The van der Waals surface area contributed by atoms with Crippen molar-refractivity contribution in [3.05, 3.63) is 41.6 Å². The number of carbonyl (C=O) groups is 1. The molecule has 1 aliphatic heterocycles. The molecule has 1 atom stereocenters. The molecule has 3 rings (SSSR count). The van der Waals surface area contributed by atoms with Crippen LogP contribution in [0.15, 0.2) is 30.3 Å². The third-order valence-electron chi connectivity index (χ3n) is 4.43. The van der Waals surface area contributed by atoms with Gasteiger partial charge < -0.3 is 10.0 Å². The Balaban J connectivity index is 1.99. The van der Waals surface area contributed by atoms with Gasteiger partial charge in [0.2, 0.25) is 5.95 Å². The van der Waals surface area contributed by atoms with Crippen molar-refractivity contribution in [3.8, 4) is 11.3 Å². The van der Waals surface area contributed by atoms with Crippen molar-refractivity contribution in [2.45, 2.75) is 38.4 Å². The first-order valence-electron chi connectivity index (χ1n) is 8.28. The monoisotopic (exact) mass is 365 g/mol. The standard InChI is InChI=1S/C18H18F3N3O2/c1-11-7-8-24(11)17-22-14(10-15(23-17)18(19,20)21)13-4-2-3-12(9-13)5-6-16(25)26/h2-4,9-11H,5-8H2,1H3,(H,25,26)/t11-/m0/s1. The molecule has 0 amide bonds. The number of nitrogens with zero attached hydrogens (tertiary/aromatic N) is 3. The Morgan fingerprint density at radius 2 is 2.08 bits per heavy atom. The van der Waals surface area contributed by atoms with Crippen molar-refractivity contribution in [1.29, 1.82) is 0 Å². The van der Waals surface area contributed by atoms with Crippen molar-refractivity contribution in [2.24, 2.45) is 0 Å². The topological polar surface area (TPSA) is 66.3 Å². The lowest BCUT2D eigenvalue weighted by atomic mass is 10.0. The van der Waals surface area contributed by atoms with Crippen LogP contribution in [0.4, 0.5) is 19.1 Å². The van der Waals surface area contributed by atoms with E-state index < -0.39 is 17.8 Å². The minimum absolute atomic E-state index is 0.0441. The number of rotatable bonds is 5. The van der Waals surface area contributed by atoms with E-state index in [1.807, 2.05) is 6.92 Å². The summed E-state index contributed by atoms with van der Waals surface area (Å²) >= 11 is 0. The fraction of sp³-hybridized carbons (Fsp3) is 0.389. The van der Waals surface area contributed by atoms with E-state index in [0.717, 1.165) is 18.1 Å². The van der Waals surface area contributed by atoms with Crippen LogP contribution in [0.1, 0.15) is 31.0 Å². The molecule has 0 aliphatic carbocycles. The zero-order valence-corrected chi connectivity index (χ0v) is 14.1. The maximum Gasteiger partial charge on any atom is 0.433 e. The Bertz CT molecular complexity index is 824. The molecule has 1 N–H and O–H groups in total. The van der Waals surface area contributed by atoms with Crippen LogP contribution in [0.2, 0.25) is 0 Å². The zero-order chi connectivity index (χ0) is 18.9. The Labute approximate surface area is 148 Å². The highest BCUT2D eigenvalue weighted by Crippen LogP contribution is 2.33. The van der Waals surface area contributed by atoms with Gasteiger partial charge in [-0.2, -0.15) is 13.2 Å². The van der Waals surface area contributed by atoms with Crippen LogP contribution in [0, 0.1) is 0 Å². The summed E-state index contributed by atoms with van der Waals surface area (Å²) in [5.41, 5.74) is 0.442. The van der Waals surface area contributed by atoms with Gasteiger partial charge in [-0.25, -0.2) is 9.97 Å². The Hall–Kier alpha value is -2.64. The van der Waals surface area contributed by atoms with Crippen molar-refractivity contribution in [2.75, 3.05) is 11.4 Å². The van der Waals surface area contributed by atoms with Gasteiger partial charge in [0, 0.05) is 24.6 Å². The first-order valence-corrected chi connectivity index (χ1v) is 8.28. The molecule has 0 radical (unpaired) electrons. The lowest BCUT2D eigenvalue weighted by molar-refractivity contribution is -0.141. The number of hydrogen-bond acceptors (Lipinski definition) is 4. The highest BCUT2D eigenvalue weighted by molar-refractivity contribution is 5.67. The van der Waals surface area contributed by atoms with E-state index in [2.05, 4.69) is 9.97 Å². The molecule has 138 valence electrons. The van der Waals surface area contributed by atoms with Crippen molar-refractivity contribution in [3.63, 3.8) is 0 Å². The average molecular weight is 365 g/mol. The predicted molar refractivity (Wildman–Crippen MR) is 89.9 cm³/mol. The molecule has 0 saturated carbocycles. The molecule has 5 nitrogen and oxygen atoms in total. The minimum atomic E-state index is -4.57. The van der Waals surface area contributed by atoms with Gasteiger partial charge in [-0.15, -0.1) is 0 Å². The van der Waals surface area contributed by atoms with E-state index in [9.17, 15) is 18.0 Å². The molecule has 1 fully saturated rings. The molecular weight excluding hydrogens is 347 g/mol. The first-order chi connectivity index (χ1) is 12.2. The van der Waals surface area contributed by atoms with E-state index in [0.29, 0.717) is 18.5 Å². The van der Waals surface area contributed by atoms with Crippen LogP contribution in [-0.4, -0.2) is 33.6 Å². The van der Waals surface area contributed by atoms with Crippen molar-refractivity contribution < 1.29 is 23.1 Å². The van der Waals surface area contributed by atoms with Gasteiger partial charge in [0.1, 0.15) is 0 Å². The van der Waals surface area contributed by atoms with E-state index >= 15 is 0 Å². The fourth-order valence-corrected chi connectivity index (χ4v) is 2.81. The molecule has 0 spiro atoms. The molecule has 2 heterocycles. The van der Waals surface area contributed by atoms with E-state index in [1.165, 1.54) is 0 Å². The molecule has 2 aromatic rings. The highest BCUT2D eigenvalue weighted by atomic mass is 19.4. The number of carboxylic acid groups (broad SMARTS) is 1. The van der Waals surface area contributed by atoms with Crippen LogP contribution in [0.25, 0.3) is 11.3 Å². The average Bonchev–Trinajstić information content (AvgIpc) is 2.58. The van der Waals surface area contributed by atoms with E-state index in [-0.39, 0.29) is 24.1 Å². The number of aromatic nitrogens is 2. The quantitative estimate of drug-likeness (QED) is 0.874. The number of hydrogen-bond donors (Lipinski definition) is 1. The van der Waals surface area contributed by atoms with E-state index in [1.54, 1.807) is 29.2 Å². The van der Waals surface area contributed by atoms with Gasteiger partial charge in [0.15, 0.2) is 5.69 Å². The summed E-state index contributed by atoms with van der Waals surface area (Å²) in [6, 6.07) is 7.81. The highest BCUT2D eigenvalue weighted by Gasteiger charge is 2.35. The van der Waals surface area contributed by atoms with Crippen molar-refractivity contribution in [1.82, 2.24) is 9.97 Å². The first kappa shape index (κ1) is 18.2. The molecule has 26 heavy (non-hydrogen) atoms. The molecule has 0 bridgehead atoms. The Morgan fingerprint density at radius 3 is 2.65 bits per heavy atom. The second-order valence-corrected chi connectivity index (χ2v) is 6.36. The normalized spacial score (nSPS) is 17.1. The largest absolute Gasteiger partial charge is 0.481 e. The maximum absolute atomic E-state index is 13.3. The summed E-state index contributed by atoms with van der Waals surface area (Å²) in [6.07, 6.45) is -3.42. The number of halogens is 3. The van der Waals surface area contributed by atoms with Gasteiger partial charge in [0.25, 0.3) is 0 Å². The number of carboxylic acids is 1. The summed E-state index contributed by atoms with van der Waals surface area (Å²) < 4.78 is 39.8. The number of anilines is 1. The lowest BCUT2D eigenvalue weighted by Gasteiger charge is -2.39. The number of aliphatic carboxylic acids is 1. The van der Waals surface area contributed by atoms with E-state index in [4.69, 9.17) is 5.11 Å². The Kier molecular flexibility index (Phi) is 4.84. The van der Waals surface area contributed by atoms with Crippen LogP contribution in [0.3, 0.4) is 0 Å². The minimum Gasteiger partial charge on any atom is -0.481 e. The maximum atomic E-state index is 13.3. The number of benzene rings is 1.